The van der Waals surface area contributed by atoms with Crippen molar-refractivity contribution in [3.05, 3.63) is 0 Å². The summed E-state index contributed by atoms with van der Waals surface area (Å²) in [7, 11) is -1.75. The molecule has 0 saturated carbocycles. The van der Waals surface area contributed by atoms with Crippen molar-refractivity contribution in [1.82, 2.24) is 0 Å². The fourth-order valence-corrected chi connectivity index (χ4v) is 8.04. The van der Waals surface area contributed by atoms with Crippen molar-refractivity contribution >= 4 is 54.4 Å². The molecule has 1 spiro atoms. The molecule has 1 fully saturated rings. The van der Waals surface area contributed by atoms with Crippen LogP contribution in [0.2, 0.25) is 18.1 Å². The molecule has 2 aliphatic heterocycles. The molecule has 7 heteroatoms. The lowest BCUT2D eigenvalue weighted by Gasteiger charge is -2.38. The molecule has 0 aliphatic carbocycles. The van der Waals surface area contributed by atoms with E-state index in [0.717, 1.165) is 22.3 Å². The number of ketones is 1. The molecule has 2 rings (SSSR count). The Morgan fingerprint density at radius 3 is 2.45 bits per heavy atom. The summed E-state index contributed by atoms with van der Waals surface area (Å²) in [4.78, 5) is 17.0. The van der Waals surface area contributed by atoms with Gasteiger partial charge in [-0.15, -0.1) is 35.3 Å². The predicted molar refractivity (Wildman–Crippen MR) is 105 cm³/mol. The number of rotatable bonds is 4. The van der Waals surface area contributed by atoms with Crippen molar-refractivity contribution in [2.24, 2.45) is 10.9 Å². The van der Waals surface area contributed by atoms with Crippen molar-refractivity contribution in [1.29, 1.82) is 0 Å². The van der Waals surface area contributed by atoms with E-state index < -0.39 is 8.32 Å². The van der Waals surface area contributed by atoms with Gasteiger partial charge in [0.2, 0.25) is 0 Å². The normalized spacial score (nSPS) is 25.4. The molecule has 126 valence electrons. The first-order valence-corrected chi connectivity index (χ1v) is 13.6. The summed E-state index contributed by atoms with van der Waals surface area (Å²) in [5.41, 5.74) is 0. The number of nitrogens with zero attached hydrogens (tertiary/aromatic N) is 1. The SMILES string of the molecule is CC(=O)C1CSC(CO[Si](C)(C)C(C)(C)C)=NC12SCCS2. The molecule has 2 aliphatic rings. The highest BCUT2D eigenvalue weighted by molar-refractivity contribution is 8.21. The van der Waals surface area contributed by atoms with E-state index in [9.17, 15) is 4.79 Å². The third-order valence-corrected chi connectivity index (χ3v) is 13.6. The van der Waals surface area contributed by atoms with Crippen molar-refractivity contribution in [2.75, 3.05) is 23.9 Å². The van der Waals surface area contributed by atoms with Gasteiger partial charge in [0.25, 0.3) is 0 Å². The maximum Gasteiger partial charge on any atom is 0.192 e. The molecule has 22 heavy (non-hydrogen) atoms. The topological polar surface area (TPSA) is 38.7 Å². The van der Waals surface area contributed by atoms with E-state index in [1.54, 1.807) is 18.7 Å². The number of carbonyl (C=O) groups is 1. The van der Waals surface area contributed by atoms with Gasteiger partial charge in [-0.25, -0.2) is 0 Å². The number of hydrogen-bond donors (Lipinski definition) is 0. The van der Waals surface area contributed by atoms with Crippen LogP contribution >= 0.6 is 35.3 Å². The van der Waals surface area contributed by atoms with E-state index in [0.29, 0.717) is 6.61 Å². The highest BCUT2D eigenvalue weighted by Crippen LogP contribution is 2.53. The van der Waals surface area contributed by atoms with Crippen LogP contribution in [-0.4, -0.2) is 47.2 Å². The van der Waals surface area contributed by atoms with E-state index in [2.05, 4.69) is 33.9 Å². The molecule has 0 bridgehead atoms. The Hall–Kier alpha value is 0.567. The summed E-state index contributed by atoms with van der Waals surface area (Å²) in [5, 5.41) is 1.29. The fraction of sp³-hybridized carbons (Fsp3) is 0.867. The standard InChI is InChI=1S/C15H27NO2S3Si/c1-11(17)12-10-19-13(16-15(12)20-7-8-21-15)9-18-22(5,6)14(2,3)4/h12H,7-10H2,1-6H3. The quantitative estimate of drug-likeness (QED) is 0.675. The molecule has 1 saturated heterocycles. The minimum atomic E-state index is -1.75. The van der Waals surface area contributed by atoms with Crippen LogP contribution in [0.3, 0.4) is 0 Å². The molecule has 0 N–H and O–H groups in total. The Morgan fingerprint density at radius 1 is 1.36 bits per heavy atom. The van der Waals surface area contributed by atoms with E-state index in [1.807, 2.05) is 23.5 Å². The Kier molecular flexibility index (Phi) is 5.86. The van der Waals surface area contributed by atoms with Gasteiger partial charge in [0.1, 0.15) is 5.78 Å². The summed E-state index contributed by atoms with van der Waals surface area (Å²) in [6.07, 6.45) is 0. The van der Waals surface area contributed by atoms with E-state index in [-0.39, 0.29) is 20.9 Å². The first kappa shape index (κ1) is 18.9. The lowest BCUT2D eigenvalue weighted by molar-refractivity contribution is -0.120. The van der Waals surface area contributed by atoms with Gasteiger partial charge >= 0.3 is 0 Å². The van der Waals surface area contributed by atoms with Crippen LogP contribution < -0.4 is 0 Å². The van der Waals surface area contributed by atoms with Crippen LogP contribution in [0.5, 0.6) is 0 Å². The van der Waals surface area contributed by atoms with E-state index in [1.165, 1.54) is 0 Å². The van der Waals surface area contributed by atoms with Gasteiger partial charge in [0.15, 0.2) is 12.5 Å². The second-order valence-electron chi connectivity index (χ2n) is 7.36. The minimum absolute atomic E-state index is 0.0339. The Balaban J connectivity index is 2.11. The molecular weight excluding hydrogens is 350 g/mol. The summed E-state index contributed by atoms with van der Waals surface area (Å²) in [6.45, 7) is 13.6. The van der Waals surface area contributed by atoms with E-state index >= 15 is 0 Å². The molecule has 0 aromatic heterocycles. The molecule has 0 amide bonds. The first-order chi connectivity index (χ1) is 10.1. The zero-order valence-electron chi connectivity index (χ0n) is 14.4. The first-order valence-electron chi connectivity index (χ1n) is 7.71. The zero-order valence-corrected chi connectivity index (χ0v) is 17.8. The summed E-state index contributed by atoms with van der Waals surface area (Å²) < 4.78 is 6.04. The molecule has 1 atom stereocenters. The van der Waals surface area contributed by atoms with E-state index in [4.69, 9.17) is 9.42 Å². The smallest absolute Gasteiger partial charge is 0.192 e. The summed E-state index contributed by atoms with van der Waals surface area (Å²) >= 11 is 5.40. The number of aliphatic imine (C=N–C) groups is 1. The Labute approximate surface area is 148 Å². The average Bonchev–Trinajstić information content (AvgIpc) is 2.83. The third-order valence-electron chi connectivity index (χ3n) is 4.69. The minimum Gasteiger partial charge on any atom is -0.410 e. The number of Topliss-reactive ketones (excluding diaryl/α,β-unsaturated/α-hetero) is 1. The van der Waals surface area contributed by atoms with Crippen LogP contribution in [0.1, 0.15) is 27.7 Å². The van der Waals surface area contributed by atoms with Gasteiger partial charge in [-0.1, -0.05) is 20.8 Å². The summed E-state index contributed by atoms with van der Waals surface area (Å²) in [6, 6.07) is 0. The average molecular weight is 378 g/mol. The molecule has 0 aromatic rings. The highest BCUT2D eigenvalue weighted by atomic mass is 32.2. The van der Waals surface area contributed by atoms with Crippen molar-refractivity contribution < 1.29 is 9.22 Å². The Morgan fingerprint density at radius 2 is 1.95 bits per heavy atom. The van der Waals surface area contributed by atoms with Crippen molar-refractivity contribution in [3.8, 4) is 0 Å². The number of carbonyl (C=O) groups excluding carboxylic acids is 1. The predicted octanol–water partition coefficient (Wildman–Crippen LogP) is 4.49. The number of thioether (sulfide) groups is 3. The van der Waals surface area contributed by atoms with Crippen LogP contribution in [0, 0.1) is 5.92 Å². The van der Waals surface area contributed by atoms with Gasteiger partial charge in [-0.05, 0) is 25.1 Å². The molecule has 2 heterocycles. The van der Waals surface area contributed by atoms with Gasteiger partial charge in [-0.2, -0.15) is 0 Å². The Bertz CT molecular complexity index is 468. The van der Waals surface area contributed by atoms with Crippen molar-refractivity contribution in [3.63, 3.8) is 0 Å². The largest absolute Gasteiger partial charge is 0.410 e. The maximum absolute atomic E-state index is 12.0. The maximum atomic E-state index is 12.0. The summed E-state index contributed by atoms with van der Waals surface area (Å²) in [5.74, 6) is 3.31. The van der Waals surface area contributed by atoms with Crippen LogP contribution in [0.25, 0.3) is 0 Å². The van der Waals surface area contributed by atoms with Gasteiger partial charge in [-0.3, -0.25) is 9.79 Å². The zero-order chi connectivity index (χ0) is 16.6. The lowest BCUT2D eigenvalue weighted by atomic mass is 10.1. The second kappa shape index (κ2) is 6.82. The van der Waals surface area contributed by atoms with Gasteiger partial charge in [0, 0.05) is 17.3 Å². The monoisotopic (exact) mass is 377 g/mol. The fourth-order valence-electron chi connectivity index (χ4n) is 2.16. The molecule has 0 radical (unpaired) electrons. The second-order valence-corrected chi connectivity index (χ2v) is 16.2. The number of hydrogen-bond acceptors (Lipinski definition) is 6. The highest BCUT2D eigenvalue weighted by Gasteiger charge is 2.48. The van der Waals surface area contributed by atoms with Crippen LogP contribution in [0.15, 0.2) is 4.99 Å². The molecule has 3 nitrogen and oxygen atoms in total. The third kappa shape index (κ3) is 3.96. The lowest BCUT2D eigenvalue weighted by Crippen LogP contribution is -2.43. The van der Waals surface area contributed by atoms with Gasteiger partial charge < -0.3 is 4.43 Å². The molecule has 1 unspecified atom stereocenters. The van der Waals surface area contributed by atoms with Crippen molar-refractivity contribution in [2.45, 2.75) is 50.0 Å². The molecule has 0 aromatic carbocycles. The van der Waals surface area contributed by atoms with Crippen LogP contribution in [0.4, 0.5) is 0 Å². The van der Waals surface area contributed by atoms with Crippen LogP contribution in [-0.2, 0) is 9.22 Å². The molecular formula is C15H27NO2S3Si. The van der Waals surface area contributed by atoms with Gasteiger partial charge in [0.05, 0.1) is 17.6 Å².